The molecule has 0 spiro atoms. The second-order valence-electron chi connectivity index (χ2n) is 5.73. The first-order valence-corrected chi connectivity index (χ1v) is 7.33. The van der Waals surface area contributed by atoms with Crippen molar-refractivity contribution in [2.45, 2.75) is 31.5 Å². The van der Waals surface area contributed by atoms with Crippen LogP contribution in [0.2, 0.25) is 0 Å². The molecule has 0 saturated carbocycles. The standard InChI is InChI=1S/C18H22N2/c1-20(13-14-7-3-2-4-8-14)17-12-11-15-9-5-6-10-16(15)18(17)19/h2-10,17-18H,11-13,19H2,1H3. The van der Waals surface area contributed by atoms with Crippen LogP contribution < -0.4 is 5.73 Å². The topological polar surface area (TPSA) is 29.3 Å². The number of hydrogen-bond donors (Lipinski definition) is 1. The zero-order valence-electron chi connectivity index (χ0n) is 12.0. The Balaban J connectivity index is 1.75. The fourth-order valence-electron chi connectivity index (χ4n) is 3.26. The van der Waals surface area contributed by atoms with Crippen LogP contribution in [-0.2, 0) is 13.0 Å². The summed E-state index contributed by atoms with van der Waals surface area (Å²) in [6, 6.07) is 19.8. The Morgan fingerprint density at radius 2 is 1.75 bits per heavy atom. The summed E-state index contributed by atoms with van der Waals surface area (Å²) in [6.07, 6.45) is 2.27. The van der Waals surface area contributed by atoms with Crippen molar-refractivity contribution in [1.82, 2.24) is 4.90 Å². The molecule has 3 rings (SSSR count). The average molecular weight is 266 g/mol. The fourth-order valence-corrected chi connectivity index (χ4v) is 3.26. The van der Waals surface area contributed by atoms with Gasteiger partial charge in [0.25, 0.3) is 0 Å². The number of nitrogens with two attached hydrogens (primary N) is 1. The van der Waals surface area contributed by atoms with Gasteiger partial charge in [0.2, 0.25) is 0 Å². The predicted octanol–water partition coefficient (Wildman–Crippen LogP) is 3.13. The summed E-state index contributed by atoms with van der Waals surface area (Å²) in [7, 11) is 2.19. The van der Waals surface area contributed by atoms with Crippen LogP contribution in [0, 0.1) is 0 Å². The van der Waals surface area contributed by atoms with E-state index in [4.69, 9.17) is 5.73 Å². The molecular formula is C18H22N2. The third-order valence-electron chi connectivity index (χ3n) is 4.38. The zero-order chi connectivity index (χ0) is 13.9. The molecule has 20 heavy (non-hydrogen) atoms. The van der Waals surface area contributed by atoms with Crippen LogP contribution >= 0.6 is 0 Å². The van der Waals surface area contributed by atoms with Gasteiger partial charge in [0, 0.05) is 18.6 Å². The van der Waals surface area contributed by atoms with Gasteiger partial charge in [0.15, 0.2) is 0 Å². The molecule has 104 valence electrons. The van der Waals surface area contributed by atoms with Crippen LogP contribution in [0.3, 0.4) is 0 Å². The first-order chi connectivity index (χ1) is 9.75. The lowest BCUT2D eigenvalue weighted by molar-refractivity contribution is 0.184. The number of rotatable bonds is 3. The molecule has 2 N–H and O–H groups in total. The largest absolute Gasteiger partial charge is 0.323 e. The Hall–Kier alpha value is -1.64. The molecule has 0 aliphatic heterocycles. The van der Waals surface area contributed by atoms with E-state index in [0.29, 0.717) is 6.04 Å². The van der Waals surface area contributed by atoms with Gasteiger partial charge in [0.1, 0.15) is 0 Å². The third kappa shape index (κ3) is 2.62. The van der Waals surface area contributed by atoms with Crippen LogP contribution in [0.15, 0.2) is 54.6 Å². The van der Waals surface area contributed by atoms with E-state index in [0.717, 1.165) is 19.4 Å². The number of hydrogen-bond acceptors (Lipinski definition) is 2. The van der Waals surface area contributed by atoms with Crippen molar-refractivity contribution >= 4 is 0 Å². The molecular weight excluding hydrogens is 244 g/mol. The summed E-state index contributed by atoms with van der Waals surface area (Å²) >= 11 is 0. The lowest BCUT2D eigenvalue weighted by Crippen LogP contribution is -2.43. The second kappa shape index (κ2) is 5.78. The van der Waals surface area contributed by atoms with Crippen LogP contribution in [0.4, 0.5) is 0 Å². The summed E-state index contributed by atoms with van der Waals surface area (Å²) in [4.78, 5) is 2.40. The van der Waals surface area contributed by atoms with E-state index in [-0.39, 0.29) is 6.04 Å². The van der Waals surface area contributed by atoms with Crippen molar-refractivity contribution in [2.24, 2.45) is 5.73 Å². The van der Waals surface area contributed by atoms with Gasteiger partial charge in [-0.05, 0) is 36.6 Å². The molecule has 2 aromatic rings. The Bertz CT molecular complexity index is 565. The second-order valence-corrected chi connectivity index (χ2v) is 5.73. The molecule has 0 bridgehead atoms. The maximum Gasteiger partial charge on any atom is 0.0455 e. The normalized spacial score (nSPS) is 21.8. The van der Waals surface area contributed by atoms with Crippen molar-refractivity contribution in [3.63, 3.8) is 0 Å². The highest BCUT2D eigenvalue weighted by atomic mass is 15.1. The van der Waals surface area contributed by atoms with Gasteiger partial charge in [-0.15, -0.1) is 0 Å². The highest BCUT2D eigenvalue weighted by Crippen LogP contribution is 2.31. The van der Waals surface area contributed by atoms with Crippen LogP contribution in [-0.4, -0.2) is 18.0 Å². The van der Waals surface area contributed by atoms with Gasteiger partial charge in [-0.25, -0.2) is 0 Å². The van der Waals surface area contributed by atoms with Crippen molar-refractivity contribution in [2.75, 3.05) is 7.05 Å². The molecule has 2 aromatic carbocycles. The van der Waals surface area contributed by atoms with Crippen LogP contribution in [0.5, 0.6) is 0 Å². The van der Waals surface area contributed by atoms with Crippen LogP contribution in [0.25, 0.3) is 0 Å². The highest BCUT2D eigenvalue weighted by molar-refractivity contribution is 5.33. The summed E-state index contributed by atoms with van der Waals surface area (Å²) in [6.45, 7) is 0.960. The number of nitrogens with zero attached hydrogens (tertiary/aromatic N) is 1. The maximum absolute atomic E-state index is 6.50. The molecule has 2 nitrogen and oxygen atoms in total. The Morgan fingerprint density at radius 3 is 2.55 bits per heavy atom. The fraction of sp³-hybridized carbons (Fsp3) is 0.333. The summed E-state index contributed by atoms with van der Waals surface area (Å²) < 4.78 is 0. The molecule has 1 aliphatic rings. The smallest absolute Gasteiger partial charge is 0.0455 e. The predicted molar refractivity (Wildman–Crippen MR) is 83.4 cm³/mol. The quantitative estimate of drug-likeness (QED) is 0.925. The first kappa shape index (κ1) is 13.3. The molecule has 0 radical (unpaired) electrons. The SMILES string of the molecule is CN(Cc1ccccc1)C1CCc2ccccc2C1N. The lowest BCUT2D eigenvalue weighted by atomic mass is 9.84. The van der Waals surface area contributed by atoms with Crippen molar-refractivity contribution in [3.8, 4) is 0 Å². The van der Waals surface area contributed by atoms with Gasteiger partial charge in [-0.2, -0.15) is 0 Å². The van der Waals surface area contributed by atoms with Gasteiger partial charge < -0.3 is 5.73 Å². The van der Waals surface area contributed by atoms with Crippen LogP contribution in [0.1, 0.15) is 29.2 Å². The summed E-state index contributed by atoms with van der Waals surface area (Å²) in [5.74, 6) is 0. The minimum atomic E-state index is 0.119. The molecule has 0 saturated heterocycles. The van der Waals surface area contributed by atoms with Crippen molar-refractivity contribution < 1.29 is 0 Å². The van der Waals surface area contributed by atoms with Crippen molar-refractivity contribution in [1.29, 1.82) is 0 Å². The van der Waals surface area contributed by atoms with Crippen molar-refractivity contribution in [3.05, 3.63) is 71.3 Å². The number of likely N-dealkylation sites (N-methyl/N-ethyl adjacent to an activating group) is 1. The molecule has 0 fully saturated rings. The van der Waals surface area contributed by atoms with E-state index in [1.807, 2.05) is 0 Å². The molecule has 1 aliphatic carbocycles. The minimum absolute atomic E-state index is 0.119. The first-order valence-electron chi connectivity index (χ1n) is 7.33. The van der Waals surface area contributed by atoms with Gasteiger partial charge in [0.05, 0.1) is 0 Å². The lowest BCUT2D eigenvalue weighted by Gasteiger charge is -2.37. The Labute approximate surface area is 121 Å². The summed E-state index contributed by atoms with van der Waals surface area (Å²) in [5.41, 5.74) is 10.6. The molecule has 2 unspecified atom stereocenters. The van der Waals surface area contributed by atoms with E-state index >= 15 is 0 Å². The zero-order valence-corrected chi connectivity index (χ0v) is 12.0. The monoisotopic (exact) mass is 266 g/mol. The van der Waals surface area contributed by atoms with E-state index in [2.05, 4.69) is 66.5 Å². The summed E-state index contributed by atoms with van der Waals surface area (Å²) in [5, 5.41) is 0. The highest BCUT2D eigenvalue weighted by Gasteiger charge is 2.29. The minimum Gasteiger partial charge on any atom is -0.323 e. The molecule has 0 heterocycles. The van der Waals surface area contributed by atoms with E-state index < -0.39 is 0 Å². The molecule has 2 heteroatoms. The van der Waals surface area contributed by atoms with Gasteiger partial charge in [-0.1, -0.05) is 54.6 Å². The van der Waals surface area contributed by atoms with E-state index in [9.17, 15) is 0 Å². The number of benzene rings is 2. The Kier molecular flexibility index (Phi) is 3.86. The van der Waals surface area contributed by atoms with E-state index in [1.54, 1.807) is 0 Å². The molecule has 0 amide bonds. The average Bonchev–Trinajstić information content (AvgIpc) is 2.49. The van der Waals surface area contributed by atoms with Gasteiger partial charge >= 0.3 is 0 Å². The number of fused-ring (bicyclic) bond motifs is 1. The number of aryl methyl sites for hydroxylation is 1. The molecule has 2 atom stereocenters. The third-order valence-corrected chi connectivity index (χ3v) is 4.38. The van der Waals surface area contributed by atoms with Gasteiger partial charge in [-0.3, -0.25) is 4.90 Å². The maximum atomic E-state index is 6.50. The molecule has 0 aromatic heterocycles. The Morgan fingerprint density at radius 1 is 1.05 bits per heavy atom. The van der Waals surface area contributed by atoms with E-state index in [1.165, 1.54) is 16.7 Å².